The number of nitrogens with one attached hydrogen (secondary N) is 1. The van der Waals surface area contributed by atoms with Crippen molar-refractivity contribution in [3.05, 3.63) is 81.4 Å². The highest BCUT2D eigenvalue weighted by Crippen LogP contribution is 2.36. The Morgan fingerprint density at radius 3 is 2.59 bits per heavy atom. The normalized spacial score (nSPS) is 14.2. The Kier molecular flexibility index (Phi) is 6.72. The fourth-order valence-electron chi connectivity index (χ4n) is 5.40. The number of anilines is 2. The summed E-state index contributed by atoms with van der Waals surface area (Å²) in [7, 11) is 1.71. The third-order valence-electron chi connectivity index (χ3n) is 7.45. The van der Waals surface area contributed by atoms with Crippen LogP contribution in [0, 0.1) is 25.2 Å². The van der Waals surface area contributed by atoms with Gasteiger partial charge in [0, 0.05) is 49.9 Å². The predicted molar refractivity (Wildman–Crippen MR) is 147 cm³/mol. The van der Waals surface area contributed by atoms with Gasteiger partial charge >= 0.3 is 0 Å². The van der Waals surface area contributed by atoms with Crippen LogP contribution < -0.4 is 15.8 Å². The Labute approximate surface area is 216 Å². The zero-order valence-corrected chi connectivity index (χ0v) is 21.5. The molecule has 4 aromatic rings. The van der Waals surface area contributed by atoms with E-state index in [0.717, 1.165) is 65.2 Å². The Morgan fingerprint density at radius 1 is 1.14 bits per heavy atom. The second-order valence-electron chi connectivity index (χ2n) is 9.77. The molecule has 8 heteroatoms. The van der Waals surface area contributed by atoms with Crippen LogP contribution in [0.25, 0.3) is 16.6 Å². The topological polar surface area (TPSA) is 99.1 Å². The summed E-state index contributed by atoms with van der Waals surface area (Å²) < 4.78 is 3.50. The van der Waals surface area contributed by atoms with Gasteiger partial charge in [0.05, 0.1) is 29.2 Å². The van der Waals surface area contributed by atoms with E-state index in [1.165, 1.54) is 5.56 Å². The minimum Gasteiger partial charge on any atom is -0.395 e. The van der Waals surface area contributed by atoms with Gasteiger partial charge in [-0.25, -0.2) is 4.68 Å². The Morgan fingerprint density at radius 2 is 1.89 bits per heavy atom. The third kappa shape index (κ3) is 4.47. The first kappa shape index (κ1) is 24.6. The first-order chi connectivity index (χ1) is 17.9. The number of nitrogens with zero attached hydrogens (tertiary/aromatic N) is 5. The summed E-state index contributed by atoms with van der Waals surface area (Å²) in [6, 6.07) is 16.5. The smallest absolute Gasteiger partial charge is 0.270 e. The van der Waals surface area contributed by atoms with Crippen LogP contribution >= 0.6 is 0 Å². The fourth-order valence-corrected chi connectivity index (χ4v) is 5.40. The van der Waals surface area contributed by atoms with Crippen LogP contribution in [0.15, 0.2) is 53.5 Å². The zero-order chi connectivity index (χ0) is 26.1. The maximum absolute atomic E-state index is 13.2. The van der Waals surface area contributed by atoms with Crippen LogP contribution in [0.4, 0.5) is 11.4 Å². The molecule has 0 aliphatic carbocycles. The summed E-state index contributed by atoms with van der Waals surface area (Å²) in [5.74, 6) is 0.320. The van der Waals surface area contributed by atoms with E-state index in [-0.39, 0.29) is 17.7 Å². The standard InChI is InChI=1S/C29H32N6O2/c1-19-6-4-5-7-26(19)35-14-10-24(32-35)21-8-12-34(13-9-21)28-22-16-20(2)25(31-11-15-36)17-27(22)33(3)29(37)23(28)18-30/h4-7,10,14,16-17,21,31,36H,8-9,11-13,15H2,1-3H3. The van der Waals surface area contributed by atoms with Crippen molar-refractivity contribution in [2.24, 2.45) is 7.05 Å². The average Bonchev–Trinajstić information content (AvgIpc) is 3.40. The van der Waals surface area contributed by atoms with Gasteiger partial charge < -0.3 is 19.9 Å². The maximum Gasteiger partial charge on any atom is 0.270 e. The summed E-state index contributed by atoms with van der Waals surface area (Å²) in [5.41, 5.74) is 6.60. The largest absolute Gasteiger partial charge is 0.395 e. The maximum atomic E-state index is 13.2. The Balaban J connectivity index is 1.45. The van der Waals surface area contributed by atoms with Crippen molar-refractivity contribution in [3.8, 4) is 11.8 Å². The van der Waals surface area contributed by atoms with Gasteiger partial charge in [-0.05, 0) is 62.1 Å². The lowest BCUT2D eigenvalue weighted by atomic mass is 9.92. The molecule has 1 fully saturated rings. The number of fused-ring (bicyclic) bond motifs is 1. The minimum absolute atomic E-state index is 0.0210. The molecular weight excluding hydrogens is 464 g/mol. The number of rotatable bonds is 6. The monoisotopic (exact) mass is 496 g/mol. The zero-order valence-electron chi connectivity index (χ0n) is 21.5. The van der Waals surface area contributed by atoms with Gasteiger partial charge in [-0.2, -0.15) is 10.4 Å². The van der Waals surface area contributed by atoms with Crippen molar-refractivity contribution >= 4 is 22.3 Å². The van der Waals surface area contributed by atoms with Gasteiger partial charge in [0.25, 0.3) is 5.56 Å². The first-order valence-corrected chi connectivity index (χ1v) is 12.7. The molecular formula is C29H32N6O2. The van der Waals surface area contributed by atoms with Crippen LogP contribution in [-0.4, -0.2) is 45.7 Å². The second kappa shape index (κ2) is 10.1. The number of aliphatic hydroxyl groups is 1. The Hall–Kier alpha value is -4.09. The number of aromatic nitrogens is 3. The van der Waals surface area contributed by atoms with Crippen molar-refractivity contribution < 1.29 is 5.11 Å². The molecule has 1 aliphatic rings. The summed E-state index contributed by atoms with van der Waals surface area (Å²) in [5, 5.41) is 28.2. The van der Waals surface area contributed by atoms with E-state index in [2.05, 4.69) is 41.4 Å². The van der Waals surface area contributed by atoms with Crippen LogP contribution in [0.1, 0.15) is 41.1 Å². The number of pyridine rings is 1. The van der Waals surface area contributed by atoms with Crippen LogP contribution in [0.3, 0.4) is 0 Å². The first-order valence-electron chi connectivity index (χ1n) is 12.7. The predicted octanol–water partition coefficient (Wildman–Crippen LogP) is 4.00. The minimum atomic E-state index is -0.291. The lowest BCUT2D eigenvalue weighted by Crippen LogP contribution is -2.36. The molecule has 0 amide bonds. The summed E-state index contributed by atoms with van der Waals surface area (Å²) in [6.07, 6.45) is 3.81. The van der Waals surface area contributed by atoms with Gasteiger partial charge in [-0.3, -0.25) is 4.79 Å². The van der Waals surface area contributed by atoms with E-state index < -0.39 is 0 Å². The molecule has 0 saturated carbocycles. The van der Waals surface area contributed by atoms with E-state index in [4.69, 9.17) is 5.10 Å². The number of aliphatic hydroxyl groups excluding tert-OH is 1. The quantitative estimate of drug-likeness (QED) is 0.419. The number of aryl methyl sites for hydroxylation is 3. The van der Waals surface area contributed by atoms with Crippen molar-refractivity contribution in [3.63, 3.8) is 0 Å². The summed E-state index contributed by atoms with van der Waals surface area (Å²) >= 11 is 0. The molecule has 0 bridgehead atoms. The van der Waals surface area contributed by atoms with Crippen molar-refractivity contribution in [1.82, 2.24) is 14.3 Å². The second-order valence-corrected chi connectivity index (χ2v) is 9.77. The molecule has 2 N–H and O–H groups in total. The SMILES string of the molecule is Cc1cc2c(N3CCC(c4ccn(-c5ccccc5C)n4)CC3)c(C#N)c(=O)n(C)c2cc1NCCO. The molecule has 2 aromatic heterocycles. The molecule has 0 spiro atoms. The molecule has 0 radical (unpaired) electrons. The van der Waals surface area contributed by atoms with Gasteiger partial charge in [0.1, 0.15) is 11.6 Å². The molecule has 0 unspecified atom stereocenters. The van der Waals surface area contributed by atoms with Crippen molar-refractivity contribution in [2.45, 2.75) is 32.6 Å². The highest BCUT2D eigenvalue weighted by atomic mass is 16.3. The van der Waals surface area contributed by atoms with Gasteiger partial charge in [0.15, 0.2) is 0 Å². The molecule has 37 heavy (non-hydrogen) atoms. The molecule has 0 atom stereocenters. The lowest BCUT2D eigenvalue weighted by Gasteiger charge is -2.34. The average molecular weight is 497 g/mol. The van der Waals surface area contributed by atoms with E-state index in [9.17, 15) is 15.2 Å². The van der Waals surface area contributed by atoms with E-state index >= 15 is 0 Å². The molecule has 1 saturated heterocycles. The van der Waals surface area contributed by atoms with Crippen LogP contribution in [0.2, 0.25) is 0 Å². The number of hydrogen-bond donors (Lipinski definition) is 2. The number of benzene rings is 2. The lowest BCUT2D eigenvalue weighted by molar-refractivity contribution is 0.311. The van der Waals surface area contributed by atoms with E-state index in [1.807, 2.05) is 42.1 Å². The number of para-hydroxylation sites is 1. The molecule has 2 aromatic carbocycles. The molecule has 8 nitrogen and oxygen atoms in total. The highest BCUT2D eigenvalue weighted by molar-refractivity contribution is 5.97. The van der Waals surface area contributed by atoms with Crippen molar-refractivity contribution in [2.75, 3.05) is 36.5 Å². The molecule has 5 rings (SSSR count). The van der Waals surface area contributed by atoms with Crippen LogP contribution in [0.5, 0.6) is 0 Å². The van der Waals surface area contributed by atoms with Gasteiger partial charge in [-0.15, -0.1) is 0 Å². The van der Waals surface area contributed by atoms with Crippen molar-refractivity contribution in [1.29, 1.82) is 5.26 Å². The number of hydrogen-bond acceptors (Lipinski definition) is 6. The molecule has 190 valence electrons. The van der Waals surface area contributed by atoms with Gasteiger partial charge in [-0.1, -0.05) is 18.2 Å². The highest BCUT2D eigenvalue weighted by Gasteiger charge is 2.27. The van der Waals surface area contributed by atoms with E-state index in [1.54, 1.807) is 11.6 Å². The third-order valence-corrected chi connectivity index (χ3v) is 7.45. The van der Waals surface area contributed by atoms with Gasteiger partial charge in [0.2, 0.25) is 0 Å². The summed E-state index contributed by atoms with van der Waals surface area (Å²) in [4.78, 5) is 15.4. The molecule has 1 aliphatic heterocycles. The van der Waals surface area contributed by atoms with Crippen LogP contribution in [-0.2, 0) is 7.05 Å². The Bertz CT molecular complexity index is 1550. The van der Waals surface area contributed by atoms with E-state index in [0.29, 0.717) is 12.5 Å². The number of piperidine rings is 1. The molecule has 3 heterocycles. The fraction of sp³-hybridized carbons (Fsp3) is 0.345. The summed E-state index contributed by atoms with van der Waals surface area (Å²) in [6.45, 7) is 6.01. The number of nitriles is 1.